The highest BCUT2D eigenvalue weighted by atomic mass is 19.1. The number of rotatable bonds is 7. The molecule has 4 rings (SSSR count). The fourth-order valence-corrected chi connectivity index (χ4v) is 3.24. The molecule has 0 aliphatic carbocycles. The van der Waals surface area contributed by atoms with Gasteiger partial charge in [0.25, 0.3) is 0 Å². The van der Waals surface area contributed by atoms with Crippen LogP contribution in [0.1, 0.15) is 0 Å². The number of carbonyl (C=O) groups is 1. The van der Waals surface area contributed by atoms with Gasteiger partial charge in [-0.1, -0.05) is 0 Å². The molecule has 0 unspecified atom stereocenters. The van der Waals surface area contributed by atoms with Crippen molar-refractivity contribution in [2.75, 3.05) is 32.8 Å². The van der Waals surface area contributed by atoms with Crippen LogP contribution in [-0.2, 0) is 16.6 Å². The van der Waals surface area contributed by atoms with Crippen molar-refractivity contribution in [1.29, 1.82) is 0 Å². The number of benzene rings is 1. The number of methoxy groups -OCH3 is 3. The fourth-order valence-electron chi connectivity index (χ4n) is 3.24. The highest BCUT2D eigenvalue weighted by molar-refractivity contribution is 5.82. The van der Waals surface area contributed by atoms with Crippen LogP contribution in [0.2, 0.25) is 0 Å². The normalized spacial score (nSPS) is 10.8. The quantitative estimate of drug-likeness (QED) is 0.391. The number of fused-ring (bicyclic) bond motifs is 1. The van der Waals surface area contributed by atoms with Crippen molar-refractivity contribution < 1.29 is 23.4 Å². The summed E-state index contributed by atoms with van der Waals surface area (Å²) in [6.45, 7) is -0.308. The number of pyridine rings is 1. The second-order valence-corrected chi connectivity index (χ2v) is 7.00. The van der Waals surface area contributed by atoms with E-state index in [1.807, 2.05) is 0 Å². The molecule has 170 valence electrons. The summed E-state index contributed by atoms with van der Waals surface area (Å²) in [5.41, 5.74) is 2.23. The minimum atomic E-state index is -0.681. The third-order valence-electron chi connectivity index (χ3n) is 4.92. The number of hydrogen-bond donors (Lipinski definition) is 0. The Morgan fingerprint density at radius 2 is 1.94 bits per heavy atom. The molecule has 0 fully saturated rings. The van der Waals surface area contributed by atoms with E-state index in [0.717, 1.165) is 5.56 Å². The molecule has 11 heteroatoms. The number of aromatic nitrogens is 5. The van der Waals surface area contributed by atoms with Crippen LogP contribution in [0.3, 0.4) is 0 Å². The molecule has 0 saturated carbocycles. The van der Waals surface area contributed by atoms with Gasteiger partial charge in [0.1, 0.15) is 23.6 Å². The Morgan fingerprint density at radius 3 is 2.61 bits per heavy atom. The van der Waals surface area contributed by atoms with Gasteiger partial charge in [0.2, 0.25) is 0 Å². The molecular weight excluding hydrogens is 431 g/mol. The highest BCUT2D eigenvalue weighted by Crippen LogP contribution is 2.36. The molecule has 0 amide bonds. The maximum Gasteiger partial charge on any atom is 0.325 e. The summed E-state index contributed by atoms with van der Waals surface area (Å²) < 4.78 is 32.1. The van der Waals surface area contributed by atoms with E-state index in [-0.39, 0.29) is 23.8 Å². The van der Waals surface area contributed by atoms with Gasteiger partial charge in [0.05, 0.1) is 45.1 Å². The third kappa shape index (κ3) is 4.38. The second-order valence-electron chi connectivity index (χ2n) is 7.00. The maximum absolute atomic E-state index is 15.2. The molecule has 0 aliphatic heterocycles. The summed E-state index contributed by atoms with van der Waals surface area (Å²) in [6, 6.07) is 6.17. The number of aryl methyl sites for hydroxylation is 1. The second kappa shape index (κ2) is 9.07. The van der Waals surface area contributed by atoms with Crippen molar-refractivity contribution in [3.8, 4) is 22.8 Å². The van der Waals surface area contributed by atoms with Gasteiger partial charge < -0.3 is 19.1 Å². The highest BCUT2D eigenvalue weighted by Gasteiger charge is 2.23. The van der Waals surface area contributed by atoms with Gasteiger partial charge >= 0.3 is 5.97 Å². The number of nitrogens with zero attached hydrogens (tertiary/aromatic N) is 6. The summed E-state index contributed by atoms with van der Waals surface area (Å²) in [7, 11) is 5.85. The molecule has 0 bridgehead atoms. The first-order valence-corrected chi connectivity index (χ1v) is 9.82. The average molecular weight is 452 g/mol. The zero-order valence-corrected chi connectivity index (χ0v) is 18.4. The van der Waals surface area contributed by atoms with Crippen LogP contribution in [0, 0.1) is 5.82 Å². The summed E-state index contributed by atoms with van der Waals surface area (Å²) in [5.74, 6) is -0.705. The lowest BCUT2D eigenvalue weighted by atomic mass is 10.2. The Bertz CT molecular complexity index is 1330. The number of carbonyl (C=O) groups excluding carboxylic acids is 1. The van der Waals surface area contributed by atoms with Gasteiger partial charge in [-0.2, -0.15) is 5.10 Å². The van der Waals surface area contributed by atoms with E-state index in [0.29, 0.717) is 22.6 Å². The van der Waals surface area contributed by atoms with Crippen LogP contribution in [-0.4, -0.2) is 58.6 Å². The van der Waals surface area contributed by atoms with E-state index >= 15 is 4.39 Å². The van der Waals surface area contributed by atoms with E-state index < -0.39 is 11.8 Å². The van der Waals surface area contributed by atoms with Crippen LogP contribution >= 0.6 is 0 Å². The molecule has 4 aromatic rings. The molecule has 0 radical (unpaired) electrons. The molecule has 0 atom stereocenters. The molecule has 33 heavy (non-hydrogen) atoms. The standard InChI is InChI=1S/C22H21FN6O4/c1-28-11-13(9-25-28)16-10-24-15-5-6-19(27-22(15)26-16)29(12-20(30)33-4)17-7-14(31-2)8-18(32-3)21(17)23/h5-11H,12H2,1-4H3. The van der Waals surface area contributed by atoms with Crippen molar-refractivity contribution in [1.82, 2.24) is 24.7 Å². The van der Waals surface area contributed by atoms with Gasteiger partial charge in [-0.15, -0.1) is 0 Å². The minimum absolute atomic E-state index is 0.0276. The number of hydrogen-bond acceptors (Lipinski definition) is 9. The molecular formula is C22H21FN6O4. The Kier molecular flexibility index (Phi) is 6.03. The molecule has 0 spiro atoms. The van der Waals surface area contributed by atoms with E-state index in [4.69, 9.17) is 14.2 Å². The predicted octanol–water partition coefficient (Wildman–Crippen LogP) is 2.89. The van der Waals surface area contributed by atoms with Crippen LogP contribution < -0.4 is 14.4 Å². The van der Waals surface area contributed by atoms with Gasteiger partial charge in [0.15, 0.2) is 17.2 Å². The molecule has 3 heterocycles. The summed E-state index contributed by atoms with van der Waals surface area (Å²) >= 11 is 0. The molecule has 0 N–H and O–H groups in total. The molecule has 0 saturated heterocycles. The van der Waals surface area contributed by atoms with Crippen molar-refractivity contribution in [2.45, 2.75) is 0 Å². The number of ether oxygens (including phenoxy) is 3. The largest absolute Gasteiger partial charge is 0.497 e. The lowest BCUT2D eigenvalue weighted by Crippen LogP contribution is -2.28. The summed E-state index contributed by atoms with van der Waals surface area (Å²) in [6.07, 6.45) is 5.10. The average Bonchev–Trinajstić information content (AvgIpc) is 3.28. The van der Waals surface area contributed by atoms with Crippen LogP contribution in [0.15, 0.2) is 42.9 Å². The van der Waals surface area contributed by atoms with Crippen LogP contribution in [0.4, 0.5) is 15.9 Å². The molecule has 10 nitrogen and oxygen atoms in total. The lowest BCUT2D eigenvalue weighted by molar-refractivity contribution is -0.138. The predicted molar refractivity (Wildman–Crippen MR) is 118 cm³/mol. The molecule has 3 aromatic heterocycles. The third-order valence-corrected chi connectivity index (χ3v) is 4.92. The SMILES string of the molecule is COC(=O)CN(c1ccc2ncc(-c3cnn(C)c3)nc2n1)c1cc(OC)cc(OC)c1F. The molecule has 0 aliphatic rings. The van der Waals surface area contributed by atoms with E-state index in [1.54, 1.807) is 42.5 Å². The fraction of sp³-hybridized carbons (Fsp3) is 0.227. The number of halogens is 1. The Balaban J connectivity index is 1.85. The van der Waals surface area contributed by atoms with Crippen molar-refractivity contribution in [3.05, 3.63) is 48.7 Å². The zero-order valence-electron chi connectivity index (χ0n) is 18.4. The summed E-state index contributed by atoms with van der Waals surface area (Å²) in [5, 5.41) is 4.15. The Labute approximate surface area is 188 Å². The first kappa shape index (κ1) is 21.9. The van der Waals surface area contributed by atoms with E-state index in [9.17, 15) is 4.79 Å². The maximum atomic E-state index is 15.2. The molecule has 1 aromatic carbocycles. The van der Waals surface area contributed by atoms with Crippen molar-refractivity contribution in [3.63, 3.8) is 0 Å². The lowest BCUT2D eigenvalue weighted by Gasteiger charge is -2.24. The minimum Gasteiger partial charge on any atom is -0.497 e. The van der Waals surface area contributed by atoms with Gasteiger partial charge in [-0.3, -0.25) is 14.5 Å². The first-order valence-electron chi connectivity index (χ1n) is 9.82. The zero-order chi connectivity index (χ0) is 23.5. The first-order chi connectivity index (χ1) is 15.9. The van der Waals surface area contributed by atoms with Crippen molar-refractivity contribution in [2.24, 2.45) is 7.05 Å². The van der Waals surface area contributed by atoms with Gasteiger partial charge in [0, 0.05) is 30.9 Å². The van der Waals surface area contributed by atoms with Crippen LogP contribution in [0.5, 0.6) is 11.5 Å². The number of esters is 1. The van der Waals surface area contributed by atoms with E-state index in [2.05, 4.69) is 20.1 Å². The van der Waals surface area contributed by atoms with E-state index in [1.165, 1.54) is 38.4 Å². The number of anilines is 2. The Morgan fingerprint density at radius 1 is 1.12 bits per heavy atom. The summed E-state index contributed by atoms with van der Waals surface area (Å²) in [4.78, 5) is 27.1. The van der Waals surface area contributed by atoms with Gasteiger partial charge in [-0.25, -0.2) is 14.4 Å². The van der Waals surface area contributed by atoms with Crippen molar-refractivity contribution >= 4 is 28.6 Å². The topological polar surface area (TPSA) is 104 Å². The smallest absolute Gasteiger partial charge is 0.325 e. The van der Waals surface area contributed by atoms with Gasteiger partial charge in [-0.05, 0) is 12.1 Å². The monoisotopic (exact) mass is 452 g/mol. The Hall–Kier alpha value is -4.28. The van der Waals surface area contributed by atoms with Crippen LogP contribution in [0.25, 0.3) is 22.4 Å².